The quantitative estimate of drug-likeness (QED) is 0.577. The fraction of sp³-hybridized carbons (Fsp3) is 0.875. The first kappa shape index (κ1) is 31.6. The van der Waals surface area contributed by atoms with Gasteiger partial charge in [0, 0.05) is 21.1 Å². The van der Waals surface area contributed by atoms with E-state index >= 15 is 0 Å². The SMILES string of the molecule is C.C.C.CCCC[C-]=O.[W]. The monoisotopic (exact) mass is 317 g/mol. The van der Waals surface area contributed by atoms with Crippen LogP contribution >= 0.6 is 0 Å². The summed E-state index contributed by atoms with van der Waals surface area (Å²) in [6.07, 6.45) is 4.51. The van der Waals surface area contributed by atoms with Crippen molar-refractivity contribution in [3.05, 3.63) is 0 Å². The molecule has 2 heteroatoms. The Morgan fingerprint density at radius 1 is 1.20 bits per heavy atom. The Morgan fingerprint density at radius 2 is 1.60 bits per heavy atom. The number of unbranched alkanes of at least 4 members (excludes halogenated alkanes) is 2. The van der Waals surface area contributed by atoms with Gasteiger partial charge in [-0.05, 0) is 0 Å². The Kier molecular flexibility index (Phi) is 109. The van der Waals surface area contributed by atoms with Crippen LogP contribution in [0.25, 0.3) is 0 Å². The van der Waals surface area contributed by atoms with Crippen molar-refractivity contribution in [3.8, 4) is 0 Å². The van der Waals surface area contributed by atoms with Crippen molar-refractivity contribution in [2.45, 2.75) is 48.5 Å². The van der Waals surface area contributed by atoms with Crippen LogP contribution in [0, 0.1) is 0 Å². The van der Waals surface area contributed by atoms with E-state index in [0.717, 1.165) is 12.8 Å². The van der Waals surface area contributed by atoms with Gasteiger partial charge in [-0.3, -0.25) is 6.29 Å². The van der Waals surface area contributed by atoms with E-state index in [1.54, 1.807) is 0 Å². The van der Waals surface area contributed by atoms with Gasteiger partial charge in [0.2, 0.25) is 0 Å². The van der Waals surface area contributed by atoms with E-state index in [2.05, 4.69) is 6.92 Å². The molecule has 0 unspecified atom stereocenters. The number of rotatable bonds is 3. The third-order valence-electron chi connectivity index (χ3n) is 0.632. The van der Waals surface area contributed by atoms with E-state index < -0.39 is 0 Å². The summed E-state index contributed by atoms with van der Waals surface area (Å²) in [5.74, 6) is 0. The standard InChI is InChI=1S/C5H9O.3CH4.W/c1-2-3-4-5-6;;;;/h2-4H2,1H3;3*1H4;/q-1;;;;. The summed E-state index contributed by atoms with van der Waals surface area (Å²) in [6.45, 7) is 2.05. The molecule has 0 atom stereocenters. The first-order valence-electron chi connectivity index (χ1n) is 2.26. The van der Waals surface area contributed by atoms with E-state index in [-0.39, 0.29) is 43.3 Å². The Hall–Kier alpha value is 0.358. The maximum atomic E-state index is 9.44. The Balaban J connectivity index is -0.0000000208. The van der Waals surface area contributed by atoms with Crippen LogP contribution in [-0.2, 0) is 25.9 Å². The molecule has 0 spiro atoms. The minimum absolute atomic E-state index is 0. The predicted molar refractivity (Wildman–Crippen MR) is 45.4 cm³/mol. The Labute approximate surface area is 80.9 Å². The van der Waals surface area contributed by atoms with Crippen LogP contribution in [0.4, 0.5) is 0 Å². The molecule has 0 aromatic carbocycles. The molecule has 0 aliphatic heterocycles. The molecule has 0 fully saturated rings. The summed E-state index contributed by atoms with van der Waals surface area (Å²) in [6, 6.07) is 0. The molecule has 0 saturated heterocycles. The third-order valence-corrected chi connectivity index (χ3v) is 0.632. The molecule has 0 amide bonds. The van der Waals surface area contributed by atoms with Gasteiger partial charge in [-0.2, -0.15) is 6.42 Å². The molecule has 0 aliphatic carbocycles. The maximum absolute atomic E-state index is 9.44. The molecular formula is C8H21OW-. The topological polar surface area (TPSA) is 17.1 Å². The van der Waals surface area contributed by atoms with Crippen LogP contribution in [0.2, 0.25) is 0 Å². The summed E-state index contributed by atoms with van der Waals surface area (Å²) >= 11 is 0. The molecule has 0 aromatic rings. The van der Waals surface area contributed by atoms with Crippen LogP contribution in [-0.4, -0.2) is 6.29 Å². The van der Waals surface area contributed by atoms with Crippen LogP contribution in [0.1, 0.15) is 48.5 Å². The second-order valence-electron chi connectivity index (χ2n) is 1.25. The normalized spacial score (nSPS) is 4.90. The Morgan fingerprint density at radius 3 is 1.70 bits per heavy atom. The molecule has 0 heterocycles. The number of carbonyl (C=O) groups excluding carboxylic acids is 1. The third kappa shape index (κ3) is 40.1. The molecule has 1 nitrogen and oxygen atoms in total. The van der Waals surface area contributed by atoms with Crippen LogP contribution in [0.3, 0.4) is 0 Å². The van der Waals surface area contributed by atoms with E-state index in [4.69, 9.17) is 0 Å². The zero-order valence-corrected chi connectivity index (χ0v) is 7.37. The van der Waals surface area contributed by atoms with Crippen molar-refractivity contribution in [2.75, 3.05) is 0 Å². The van der Waals surface area contributed by atoms with Gasteiger partial charge >= 0.3 is 0 Å². The fourth-order valence-electron chi connectivity index (χ4n) is 0.249. The number of hydrogen-bond donors (Lipinski definition) is 0. The van der Waals surface area contributed by atoms with E-state index in [9.17, 15) is 4.79 Å². The molecule has 0 N–H and O–H groups in total. The average molecular weight is 317 g/mol. The average Bonchev–Trinajstić information content (AvgIpc) is 1.61. The predicted octanol–water partition coefficient (Wildman–Crippen LogP) is 3.19. The Bertz CT molecular complexity index is 38.2. The number of hydrogen-bond acceptors (Lipinski definition) is 1. The second kappa shape index (κ2) is 34.4. The second-order valence-corrected chi connectivity index (χ2v) is 1.25. The minimum Gasteiger partial charge on any atom is -0.542 e. The molecule has 0 bridgehead atoms. The van der Waals surface area contributed by atoms with Crippen LogP contribution < -0.4 is 0 Å². The summed E-state index contributed by atoms with van der Waals surface area (Å²) in [5.41, 5.74) is 0. The van der Waals surface area contributed by atoms with Gasteiger partial charge in [-0.1, -0.05) is 42.0 Å². The molecule has 0 aromatic heterocycles. The van der Waals surface area contributed by atoms with Gasteiger partial charge in [0.05, 0.1) is 0 Å². The van der Waals surface area contributed by atoms with Gasteiger partial charge in [0.25, 0.3) is 0 Å². The zero-order valence-electron chi connectivity index (χ0n) is 4.44. The molecular weight excluding hydrogens is 296 g/mol. The van der Waals surface area contributed by atoms with Crippen molar-refractivity contribution in [2.24, 2.45) is 0 Å². The molecule has 0 rings (SSSR count). The van der Waals surface area contributed by atoms with Crippen molar-refractivity contribution in [1.29, 1.82) is 0 Å². The van der Waals surface area contributed by atoms with Crippen LogP contribution in [0.15, 0.2) is 0 Å². The maximum Gasteiger partial charge on any atom is 0 e. The van der Waals surface area contributed by atoms with E-state index in [0.29, 0.717) is 6.42 Å². The first-order valence-corrected chi connectivity index (χ1v) is 2.26. The van der Waals surface area contributed by atoms with Gasteiger partial charge in [-0.25, -0.2) is 0 Å². The van der Waals surface area contributed by atoms with Crippen molar-refractivity contribution < 1.29 is 25.9 Å². The van der Waals surface area contributed by atoms with Gasteiger partial charge in [-0.15, -0.1) is 0 Å². The van der Waals surface area contributed by atoms with Crippen molar-refractivity contribution in [3.63, 3.8) is 0 Å². The van der Waals surface area contributed by atoms with Crippen molar-refractivity contribution >= 4 is 6.29 Å². The minimum atomic E-state index is 0. The summed E-state index contributed by atoms with van der Waals surface area (Å²) in [4.78, 5) is 9.44. The smallest absolute Gasteiger partial charge is 0 e. The van der Waals surface area contributed by atoms with E-state index in [1.807, 2.05) is 6.29 Å². The van der Waals surface area contributed by atoms with Crippen molar-refractivity contribution in [1.82, 2.24) is 0 Å². The molecule has 0 radical (unpaired) electrons. The van der Waals surface area contributed by atoms with E-state index in [1.165, 1.54) is 0 Å². The van der Waals surface area contributed by atoms with Gasteiger partial charge in [0.1, 0.15) is 0 Å². The molecule has 0 saturated carbocycles. The zero-order chi connectivity index (χ0) is 4.83. The first-order chi connectivity index (χ1) is 2.91. The largest absolute Gasteiger partial charge is 0.542 e. The molecule has 0 aliphatic rings. The molecule has 66 valence electrons. The summed E-state index contributed by atoms with van der Waals surface area (Å²) in [7, 11) is 0. The summed E-state index contributed by atoms with van der Waals surface area (Å²) < 4.78 is 0. The molecule has 10 heavy (non-hydrogen) atoms. The fourth-order valence-corrected chi connectivity index (χ4v) is 0.249. The van der Waals surface area contributed by atoms with Gasteiger partial charge < -0.3 is 4.79 Å². The van der Waals surface area contributed by atoms with Gasteiger partial charge in [0.15, 0.2) is 0 Å². The van der Waals surface area contributed by atoms with Crippen LogP contribution in [0.5, 0.6) is 0 Å². The summed E-state index contributed by atoms with van der Waals surface area (Å²) in [5, 5.41) is 0.